The Morgan fingerprint density at radius 3 is 2.05 bits per heavy atom. The summed E-state index contributed by atoms with van der Waals surface area (Å²) >= 11 is 0. The molecule has 0 saturated carbocycles. The molecule has 0 unspecified atom stereocenters. The van der Waals surface area contributed by atoms with Crippen molar-refractivity contribution in [2.75, 3.05) is 43.3 Å². The highest BCUT2D eigenvalue weighted by Gasteiger charge is 2.09. The van der Waals surface area contributed by atoms with E-state index in [1.807, 2.05) is 57.0 Å². The number of hydrogen-bond donors (Lipinski definition) is 2. The molecule has 0 fully saturated rings. The van der Waals surface area contributed by atoms with Crippen molar-refractivity contribution in [2.24, 2.45) is 0 Å². The first-order valence-corrected chi connectivity index (χ1v) is 6.45. The van der Waals surface area contributed by atoms with Crippen LogP contribution in [0.2, 0.25) is 0 Å². The minimum Gasteiger partial charge on any atom is -0.361 e. The highest BCUT2D eigenvalue weighted by atomic mass is 15.3. The maximum atomic E-state index is 4.39. The van der Waals surface area contributed by atoms with Crippen molar-refractivity contribution in [3.05, 3.63) is 23.5 Å². The summed E-state index contributed by atoms with van der Waals surface area (Å²) in [4.78, 5) is 20.1. The second-order valence-electron chi connectivity index (χ2n) is 5.07. The molecule has 0 aliphatic heterocycles. The molecule has 2 N–H and O–H groups in total. The summed E-state index contributed by atoms with van der Waals surface area (Å²) in [5.41, 5.74) is 2.24. The van der Waals surface area contributed by atoms with Crippen molar-refractivity contribution in [2.45, 2.75) is 13.5 Å². The number of H-pyrrole nitrogens is 1. The quantitative estimate of drug-likeness (QED) is 0.855. The van der Waals surface area contributed by atoms with Crippen LogP contribution in [0.4, 0.5) is 17.8 Å². The molecule has 0 atom stereocenters. The second kappa shape index (κ2) is 5.77. The molecule has 20 heavy (non-hydrogen) atoms. The van der Waals surface area contributed by atoms with Gasteiger partial charge in [0.05, 0.1) is 6.54 Å². The maximum absolute atomic E-state index is 4.39. The van der Waals surface area contributed by atoms with Crippen LogP contribution < -0.4 is 15.1 Å². The van der Waals surface area contributed by atoms with Gasteiger partial charge in [-0.15, -0.1) is 0 Å². The van der Waals surface area contributed by atoms with E-state index in [1.54, 1.807) is 0 Å². The minimum absolute atomic E-state index is 0.569. The van der Waals surface area contributed by atoms with E-state index >= 15 is 0 Å². The predicted molar refractivity (Wildman–Crippen MR) is 81.3 cm³/mol. The fourth-order valence-corrected chi connectivity index (χ4v) is 1.67. The average Bonchev–Trinajstić information content (AvgIpc) is 2.81. The zero-order valence-electron chi connectivity index (χ0n) is 12.6. The first-order valence-electron chi connectivity index (χ1n) is 6.45. The molecule has 0 bridgehead atoms. The second-order valence-corrected chi connectivity index (χ2v) is 5.07. The Morgan fingerprint density at radius 2 is 1.60 bits per heavy atom. The number of rotatable bonds is 5. The molecule has 0 saturated heterocycles. The van der Waals surface area contributed by atoms with Crippen LogP contribution in [0, 0.1) is 6.92 Å². The molecule has 0 spiro atoms. The molecule has 0 aromatic carbocycles. The molecule has 0 radical (unpaired) electrons. The standard InChI is InChI=1S/C13H21N7/c1-9-6-7-10(15-9)8-14-11-16-12(19(2)3)18-13(17-11)20(4)5/h6-7,15H,8H2,1-5H3,(H,14,16,17,18). The molecule has 0 aliphatic carbocycles. The molecule has 0 aliphatic rings. The van der Waals surface area contributed by atoms with E-state index in [9.17, 15) is 0 Å². The summed E-state index contributed by atoms with van der Waals surface area (Å²) < 4.78 is 0. The third-order valence-electron chi connectivity index (χ3n) is 2.74. The lowest BCUT2D eigenvalue weighted by atomic mass is 10.4. The van der Waals surface area contributed by atoms with Gasteiger partial charge in [-0.2, -0.15) is 15.0 Å². The Bertz CT molecular complexity index is 548. The fraction of sp³-hybridized carbons (Fsp3) is 0.462. The molecule has 2 heterocycles. The fourth-order valence-electron chi connectivity index (χ4n) is 1.67. The SMILES string of the molecule is Cc1ccc(CNc2nc(N(C)C)nc(N(C)C)n2)[nH]1. The van der Waals surface area contributed by atoms with Crippen LogP contribution in [0.15, 0.2) is 12.1 Å². The zero-order valence-corrected chi connectivity index (χ0v) is 12.6. The van der Waals surface area contributed by atoms with Crippen LogP contribution in [-0.4, -0.2) is 48.1 Å². The summed E-state index contributed by atoms with van der Waals surface area (Å²) in [6, 6.07) is 4.09. The number of anilines is 3. The highest BCUT2D eigenvalue weighted by molar-refractivity contribution is 5.43. The molecule has 2 rings (SSSR count). The zero-order chi connectivity index (χ0) is 14.7. The van der Waals surface area contributed by atoms with Crippen LogP contribution in [0.3, 0.4) is 0 Å². The van der Waals surface area contributed by atoms with E-state index in [4.69, 9.17) is 0 Å². The van der Waals surface area contributed by atoms with Gasteiger partial charge in [-0.3, -0.25) is 0 Å². The first kappa shape index (κ1) is 14.1. The molecule has 2 aromatic heterocycles. The maximum Gasteiger partial charge on any atom is 0.231 e. The largest absolute Gasteiger partial charge is 0.361 e. The van der Waals surface area contributed by atoms with Crippen molar-refractivity contribution in [1.29, 1.82) is 0 Å². The van der Waals surface area contributed by atoms with E-state index in [1.165, 1.54) is 0 Å². The van der Waals surface area contributed by atoms with Gasteiger partial charge in [-0.05, 0) is 19.1 Å². The van der Waals surface area contributed by atoms with Gasteiger partial charge in [0.15, 0.2) is 0 Å². The average molecular weight is 275 g/mol. The van der Waals surface area contributed by atoms with Gasteiger partial charge < -0.3 is 20.1 Å². The van der Waals surface area contributed by atoms with Gasteiger partial charge in [-0.1, -0.05) is 0 Å². The normalized spacial score (nSPS) is 10.4. The van der Waals surface area contributed by atoms with E-state index in [0.29, 0.717) is 24.4 Å². The Hall–Kier alpha value is -2.31. The predicted octanol–water partition coefficient (Wildman–Crippen LogP) is 1.25. The summed E-state index contributed by atoms with van der Waals surface area (Å²) in [7, 11) is 7.64. The molecule has 7 heteroatoms. The van der Waals surface area contributed by atoms with Crippen molar-refractivity contribution in [3.8, 4) is 0 Å². The lowest BCUT2D eigenvalue weighted by molar-refractivity contribution is 0.903. The lowest BCUT2D eigenvalue weighted by Gasteiger charge is -2.16. The smallest absolute Gasteiger partial charge is 0.231 e. The number of aryl methyl sites for hydroxylation is 1. The Balaban J connectivity index is 2.17. The van der Waals surface area contributed by atoms with Crippen LogP contribution in [-0.2, 0) is 6.54 Å². The number of aromatic nitrogens is 4. The van der Waals surface area contributed by atoms with E-state index in [0.717, 1.165) is 11.4 Å². The highest BCUT2D eigenvalue weighted by Crippen LogP contribution is 2.14. The Labute approximate surface area is 119 Å². The third-order valence-corrected chi connectivity index (χ3v) is 2.74. The molecule has 108 valence electrons. The van der Waals surface area contributed by atoms with Gasteiger partial charge >= 0.3 is 0 Å². The summed E-state index contributed by atoms with van der Waals surface area (Å²) in [5, 5.41) is 3.22. The first-order chi connectivity index (χ1) is 9.45. The molecule has 2 aromatic rings. The molecular weight excluding hydrogens is 254 g/mol. The van der Waals surface area contributed by atoms with E-state index in [2.05, 4.69) is 25.3 Å². The Morgan fingerprint density at radius 1 is 1.00 bits per heavy atom. The number of nitrogens with zero attached hydrogens (tertiary/aromatic N) is 5. The van der Waals surface area contributed by atoms with Gasteiger partial charge in [0.25, 0.3) is 0 Å². The summed E-state index contributed by atoms with van der Waals surface area (Å²) in [5.74, 6) is 1.84. The topological polar surface area (TPSA) is 73.0 Å². The third kappa shape index (κ3) is 3.37. The summed E-state index contributed by atoms with van der Waals surface area (Å²) in [6.45, 7) is 2.68. The van der Waals surface area contributed by atoms with Crippen molar-refractivity contribution in [1.82, 2.24) is 19.9 Å². The van der Waals surface area contributed by atoms with Crippen molar-refractivity contribution in [3.63, 3.8) is 0 Å². The van der Waals surface area contributed by atoms with Gasteiger partial charge in [-0.25, -0.2) is 0 Å². The monoisotopic (exact) mass is 275 g/mol. The van der Waals surface area contributed by atoms with Crippen molar-refractivity contribution >= 4 is 17.8 Å². The van der Waals surface area contributed by atoms with E-state index in [-0.39, 0.29) is 0 Å². The number of nitrogens with one attached hydrogen (secondary N) is 2. The van der Waals surface area contributed by atoms with Crippen LogP contribution >= 0.6 is 0 Å². The van der Waals surface area contributed by atoms with Gasteiger partial charge in [0.2, 0.25) is 17.8 Å². The minimum atomic E-state index is 0.569. The van der Waals surface area contributed by atoms with Crippen LogP contribution in [0.1, 0.15) is 11.4 Å². The molecular formula is C13H21N7. The Kier molecular flexibility index (Phi) is 4.07. The summed E-state index contributed by atoms with van der Waals surface area (Å²) in [6.07, 6.45) is 0. The van der Waals surface area contributed by atoms with Crippen molar-refractivity contribution < 1.29 is 0 Å². The van der Waals surface area contributed by atoms with Gasteiger partial charge in [0.1, 0.15) is 0 Å². The molecule has 0 amide bonds. The van der Waals surface area contributed by atoms with Gasteiger partial charge in [0, 0.05) is 39.6 Å². The number of aromatic amines is 1. The van der Waals surface area contributed by atoms with E-state index < -0.39 is 0 Å². The molecule has 7 nitrogen and oxygen atoms in total. The van der Waals surface area contributed by atoms with Crippen LogP contribution in [0.25, 0.3) is 0 Å². The number of hydrogen-bond acceptors (Lipinski definition) is 6. The lowest BCUT2D eigenvalue weighted by Crippen LogP contribution is -2.20. The van der Waals surface area contributed by atoms with Crippen LogP contribution in [0.5, 0.6) is 0 Å².